The maximum Gasteiger partial charge on any atom is 0.313 e. The van der Waals surface area contributed by atoms with Gasteiger partial charge in [-0.1, -0.05) is 41.5 Å². The summed E-state index contributed by atoms with van der Waals surface area (Å²) in [6.45, 7) is 13.5. The van der Waals surface area contributed by atoms with Crippen molar-refractivity contribution in [3.8, 4) is 0 Å². The Balaban J connectivity index is 5.23. The number of esters is 1. The summed E-state index contributed by atoms with van der Waals surface area (Å²) in [5.74, 6) is -1.60. The predicted molar refractivity (Wildman–Crippen MR) is 74.1 cm³/mol. The van der Waals surface area contributed by atoms with Crippen LogP contribution in [0.15, 0.2) is 0 Å². The normalized spacial score (nSPS) is 16.8. The van der Waals surface area contributed by atoms with E-state index >= 15 is 0 Å². The third-order valence-electron chi connectivity index (χ3n) is 3.33. The quantitative estimate of drug-likeness (QED) is 0.637. The molecule has 0 bridgehead atoms. The van der Waals surface area contributed by atoms with E-state index in [1.165, 1.54) is 0 Å². The smallest absolute Gasteiger partial charge is 0.313 e. The minimum absolute atomic E-state index is 0.112. The highest BCUT2D eigenvalue weighted by Gasteiger charge is 2.47. The van der Waals surface area contributed by atoms with Gasteiger partial charge in [0.2, 0.25) is 5.94 Å². The van der Waals surface area contributed by atoms with Gasteiger partial charge in [0.05, 0.1) is 5.41 Å². The molecule has 0 aromatic rings. The van der Waals surface area contributed by atoms with Crippen molar-refractivity contribution in [1.29, 1.82) is 0 Å². The summed E-state index contributed by atoms with van der Waals surface area (Å²) >= 11 is 0. The molecular weight excluding hydrogens is 268 g/mol. The third kappa shape index (κ3) is 5.91. The molecule has 19 heavy (non-hydrogen) atoms. The molecule has 0 spiro atoms. The largest absolute Gasteiger partial charge is 0.446 e. The van der Waals surface area contributed by atoms with Gasteiger partial charge in [0, 0.05) is 0 Å². The Morgan fingerprint density at radius 1 is 1.05 bits per heavy atom. The van der Waals surface area contributed by atoms with E-state index in [2.05, 4.69) is 0 Å². The number of carbonyl (C=O) groups is 1. The Kier molecular flexibility index (Phi) is 5.23. The minimum atomic E-state index is -4.31. The van der Waals surface area contributed by atoms with Crippen molar-refractivity contribution in [3.05, 3.63) is 0 Å². The first-order chi connectivity index (χ1) is 8.08. The Morgan fingerprint density at radius 2 is 1.47 bits per heavy atom. The van der Waals surface area contributed by atoms with Gasteiger partial charge in [0.15, 0.2) is 0 Å². The van der Waals surface area contributed by atoms with Crippen LogP contribution in [-0.4, -0.2) is 24.9 Å². The van der Waals surface area contributed by atoms with Crippen LogP contribution in [0.5, 0.6) is 0 Å². The second kappa shape index (κ2) is 5.40. The first-order valence-electron chi connectivity index (χ1n) is 6.21. The van der Waals surface area contributed by atoms with Crippen LogP contribution in [0.2, 0.25) is 0 Å². The Labute approximate surface area is 116 Å². The molecule has 1 N–H and O–H groups in total. The van der Waals surface area contributed by atoms with E-state index < -0.39 is 32.9 Å². The Bertz CT molecular complexity index is 425. The minimum Gasteiger partial charge on any atom is -0.446 e. The summed E-state index contributed by atoms with van der Waals surface area (Å²) in [4.78, 5) is 12.2. The average molecular weight is 294 g/mol. The molecule has 1 atom stereocenters. The number of hydrogen-bond acceptors (Lipinski definition) is 4. The van der Waals surface area contributed by atoms with Crippen LogP contribution in [0.3, 0.4) is 0 Å². The zero-order chi connectivity index (χ0) is 15.7. The van der Waals surface area contributed by atoms with Crippen LogP contribution in [0.1, 0.15) is 54.9 Å². The molecule has 0 fully saturated rings. The topological polar surface area (TPSA) is 80.7 Å². The lowest BCUT2D eigenvalue weighted by molar-refractivity contribution is -0.162. The molecule has 5 nitrogen and oxygen atoms in total. The molecule has 0 aliphatic heterocycles. The summed E-state index contributed by atoms with van der Waals surface area (Å²) in [7, 11) is -4.31. The molecule has 0 saturated carbocycles. The average Bonchev–Trinajstić information content (AvgIpc) is 2.07. The van der Waals surface area contributed by atoms with Gasteiger partial charge in [-0.05, 0) is 24.2 Å². The van der Waals surface area contributed by atoms with Crippen LogP contribution in [-0.2, 0) is 19.6 Å². The lowest BCUT2D eigenvalue weighted by atomic mass is 9.61. The summed E-state index contributed by atoms with van der Waals surface area (Å²) in [6, 6.07) is 0. The Morgan fingerprint density at radius 3 is 1.74 bits per heavy atom. The van der Waals surface area contributed by atoms with E-state index in [1.807, 2.05) is 41.5 Å². The maximum atomic E-state index is 12.2. The highest BCUT2D eigenvalue weighted by Crippen LogP contribution is 2.47. The highest BCUT2D eigenvalue weighted by atomic mass is 32.2. The molecule has 0 amide bonds. The van der Waals surface area contributed by atoms with Crippen LogP contribution in [0.25, 0.3) is 0 Å². The van der Waals surface area contributed by atoms with E-state index in [4.69, 9.17) is 9.29 Å². The van der Waals surface area contributed by atoms with Gasteiger partial charge in [0.1, 0.15) is 0 Å². The zero-order valence-electron chi connectivity index (χ0n) is 12.9. The molecule has 0 radical (unpaired) electrons. The molecule has 0 rings (SSSR count). The maximum absolute atomic E-state index is 12.2. The van der Waals surface area contributed by atoms with Gasteiger partial charge in [-0.25, -0.2) is 0 Å². The van der Waals surface area contributed by atoms with Crippen molar-refractivity contribution in [2.24, 2.45) is 16.2 Å². The Hall–Kier alpha value is -0.620. The second-order valence-corrected chi connectivity index (χ2v) is 8.85. The van der Waals surface area contributed by atoms with Gasteiger partial charge < -0.3 is 4.74 Å². The van der Waals surface area contributed by atoms with E-state index in [0.29, 0.717) is 6.42 Å². The number of ether oxygens (including phenoxy) is 1. The monoisotopic (exact) mass is 294 g/mol. The van der Waals surface area contributed by atoms with E-state index in [9.17, 15) is 13.2 Å². The van der Waals surface area contributed by atoms with Crippen molar-refractivity contribution in [3.63, 3.8) is 0 Å². The number of carbonyl (C=O) groups excluding carboxylic acids is 1. The summed E-state index contributed by atoms with van der Waals surface area (Å²) < 4.78 is 34.8. The molecular formula is C13H26O5S. The summed E-state index contributed by atoms with van der Waals surface area (Å²) in [5, 5.41) is 0. The molecule has 0 aromatic carbocycles. The molecule has 114 valence electrons. The zero-order valence-corrected chi connectivity index (χ0v) is 13.7. The van der Waals surface area contributed by atoms with Gasteiger partial charge >= 0.3 is 16.1 Å². The fraction of sp³-hybridized carbons (Fsp3) is 0.923. The second-order valence-electron chi connectivity index (χ2n) is 7.45. The summed E-state index contributed by atoms with van der Waals surface area (Å²) in [5.41, 5.74) is -1.34. The predicted octanol–water partition coefficient (Wildman–Crippen LogP) is 2.86. The van der Waals surface area contributed by atoms with Crippen molar-refractivity contribution in [1.82, 2.24) is 0 Å². The van der Waals surface area contributed by atoms with Gasteiger partial charge in [-0.15, -0.1) is 0 Å². The van der Waals surface area contributed by atoms with Crippen molar-refractivity contribution >= 4 is 16.1 Å². The molecule has 0 aromatic heterocycles. The van der Waals surface area contributed by atoms with Gasteiger partial charge in [-0.2, -0.15) is 8.42 Å². The van der Waals surface area contributed by atoms with E-state index in [-0.39, 0.29) is 5.41 Å². The molecule has 0 saturated heterocycles. The lowest BCUT2D eigenvalue weighted by Crippen LogP contribution is -2.44. The lowest BCUT2D eigenvalue weighted by Gasteiger charge is -2.43. The molecule has 1 unspecified atom stereocenters. The van der Waals surface area contributed by atoms with Gasteiger partial charge in [0.25, 0.3) is 0 Å². The van der Waals surface area contributed by atoms with Crippen LogP contribution < -0.4 is 0 Å². The van der Waals surface area contributed by atoms with Crippen LogP contribution in [0, 0.1) is 16.2 Å². The number of hydrogen-bond donors (Lipinski definition) is 1. The van der Waals surface area contributed by atoms with E-state index in [0.717, 1.165) is 0 Å². The molecule has 0 aliphatic rings. The van der Waals surface area contributed by atoms with Crippen LogP contribution in [0.4, 0.5) is 0 Å². The number of rotatable bonds is 4. The first kappa shape index (κ1) is 18.4. The van der Waals surface area contributed by atoms with Crippen molar-refractivity contribution in [2.45, 2.75) is 54.9 Å². The van der Waals surface area contributed by atoms with Crippen LogP contribution >= 0.6 is 0 Å². The molecule has 6 heteroatoms. The SMILES string of the molecule is CC(C)(C)CC(C)(C(=O)OCS(=O)(=O)O)C(C)(C)C. The molecule has 0 aliphatic carbocycles. The highest BCUT2D eigenvalue weighted by molar-refractivity contribution is 7.85. The van der Waals surface area contributed by atoms with E-state index in [1.54, 1.807) is 6.92 Å². The van der Waals surface area contributed by atoms with Crippen molar-refractivity contribution < 1.29 is 22.5 Å². The fourth-order valence-corrected chi connectivity index (χ4v) is 2.25. The summed E-state index contributed by atoms with van der Waals surface area (Å²) in [6.07, 6.45) is 0.549. The fourth-order valence-electron chi connectivity index (χ4n) is 1.99. The standard InChI is InChI=1S/C13H26O5S/c1-11(2,3)8-13(7,12(4,5)6)10(14)18-9-19(15,16)17/h8-9H2,1-7H3,(H,15,16,17). The molecule has 0 heterocycles. The van der Waals surface area contributed by atoms with Gasteiger partial charge in [-0.3, -0.25) is 9.35 Å². The first-order valence-corrected chi connectivity index (χ1v) is 7.82. The third-order valence-corrected chi connectivity index (χ3v) is 3.74. The van der Waals surface area contributed by atoms with Crippen molar-refractivity contribution in [2.75, 3.05) is 5.94 Å².